The molecule has 0 spiro atoms. The van der Waals surface area contributed by atoms with Crippen LogP contribution < -0.4 is 5.32 Å². The molecule has 8 heteroatoms. The topological polar surface area (TPSA) is 79.4 Å². The fourth-order valence-corrected chi connectivity index (χ4v) is 3.71. The van der Waals surface area contributed by atoms with E-state index < -0.39 is 10.0 Å². The van der Waals surface area contributed by atoms with Crippen molar-refractivity contribution in [2.24, 2.45) is 0 Å². The Bertz CT molecular complexity index is 780. The van der Waals surface area contributed by atoms with Crippen LogP contribution in [-0.2, 0) is 21.4 Å². The van der Waals surface area contributed by atoms with E-state index >= 15 is 0 Å². The SMILES string of the molecule is CCN(CC(=O)NCc1cccnc1)S(=O)(=O)c1ccc(Br)cc1. The highest BCUT2D eigenvalue weighted by Gasteiger charge is 2.25. The Balaban J connectivity index is 2.02. The zero-order valence-electron chi connectivity index (χ0n) is 13.1. The lowest BCUT2D eigenvalue weighted by atomic mass is 10.3. The van der Waals surface area contributed by atoms with Gasteiger partial charge in [0.2, 0.25) is 15.9 Å². The van der Waals surface area contributed by atoms with Crippen molar-refractivity contribution in [2.45, 2.75) is 18.4 Å². The molecular formula is C16H18BrN3O3S. The van der Waals surface area contributed by atoms with E-state index in [9.17, 15) is 13.2 Å². The smallest absolute Gasteiger partial charge is 0.243 e. The maximum atomic E-state index is 12.6. The van der Waals surface area contributed by atoms with Crippen LogP contribution in [0.1, 0.15) is 12.5 Å². The van der Waals surface area contributed by atoms with Gasteiger partial charge in [0.15, 0.2) is 0 Å². The number of likely N-dealkylation sites (N-methyl/N-ethyl adjacent to an activating group) is 1. The Morgan fingerprint density at radius 3 is 2.54 bits per heavy atom. The summed E-state index contributed by atoms with van der Waals surface area (Å²) in [5.41, 5.74) is 0.852. The van der Waals surface area contributed by atoms with Crippen molar-refractivity contribution in [3.8, 4) is 0 Å². The molecular weight excluding hydrogens is 394 g/mol. The minimum absolute atomic E-state index is 0.160. The molecule has 2 aromatic rings. The molecule has 0 saturated carbocycles. The average molecular weight is 412 g/mol. The number of rotatable bonds is 7. The summed E-state index contributed by atoms with van der Waals surface area (Å²) in [6.45, 7) is 1.99. The molecule has 0 unspecified atom stereocenters. The number of aromatic nitrogens is 1. The van der Waals surface area contributed by atoms with Crippen LogP contribution in [-0.4, -0.2) is 36.7 Å². The average Bonchev–Trinajstić information content (AvgIpc) is 2.59. The second-order valence-corrected chi connectivity index (χ2v) is 7.88. The number of carbonyl (C=O) groups is 1. The summed E-state index contributed by atoms with van der Waals surface area (Å²) in [4.78, 5) is 16.2. The van der Waals surface area contributed by atoms with E-state index in [0.717, 1.165) is 14.3 Å². The van der Waals surface area contributed by atoms with E-state index in [1.807, 2.05) is 6.07 Å². The van der Waals surface area contributed by atoms with Crippen LogP contribution in [0, 0.1) is 0 Å². The Morgan fingerprint density at radius 1 is 1.25 bits per heavy atom. The van der Waals surface area contributed by atoms with E-state index in [2.05, 4.69) is 26.2 Å². The van der Waals surface area contributed by atoms with E-state index in [1.54, 1.807) is 37.5 Å². The second kappa shape index (κ2) is 8.36. The first-order valence-corrected chi connectivity index (χ1v) is 9.58. The highest BCUT2D eigenvalue weighted by atomic mass is 79.9. The van der Waals surface area contributed by atoms with Gasteiger partial charge in [-0.25, -0.2) is 8.42 Å². The molecule has 2 rings (SSSR count). The molecule has 1 aromatic carbocycles. The van der Waals surface area contributed by atoms with Crippen molar-refractivity contribution in [2.75, 3.05) is 13.1 Å². The Labute approximate surface area is 150 Å². The third-order valence-electron chi connectivity index (χ3n) is 3.34. The molecule has 1 heterocycles. The van der Waals surface area contributed by atoms with Gasteiger partial charge in [0.25, 0.3) is 0 Å². The maximum absolute atomic E-state index is 12.6. The van der Waals surface area contributed by atoms with Gasteiger partial charge in [0.1, 0.15) is 0 Å². The standard InChI is InChI=1S/C16H18BrN3O3S/c1-2-20(24(22,23)15-7-5-14(17)6-8-15)12-16(21)19-11-13-4-3-9-18-10-13/h3-10H,2,11-12H2,1H3,(H,19,21). The third-order valence-corrected chi connectivity index (χ3v) is 5.80. The van der Waals surface area contributed by atoms with Gasteiger partial charge in [-0.3, -0.25) is 9.78 Å². The zero-order valence-corrected chi connectivity index (χ0v) is 15.5. The molecule has 128 valence electrons. The molecule has 1 aromatic heterocycles. The van der Waals surface area contributed by atoms with E-state index in [0.29, 0.717) is 6.54 Å². The van der Waals surface area contributed by atoms with Gasteiger partial charge in [0, 0.05) is 30.0 Å². The number of sulfonamides is 1. The highest BCUT2D eigenvalue weighted by molar-refractivity contribution is 9.10. The lowest BCUT2D eigenvalue weighted by molar-refractivity contribution is -0.121. The Kier molecular flexibility index (Phi) is 6.47. The normalized spacial score (nSPS) is 11.5. The van der Waals surface area contributed by atoms with Gasteiger partial charge in [-0.05, 0) is 35.9 Å². The molecule has 0 aliphatic carbocycles. The van der Waals surface area contributed by atoms with Crippen LogP contribution >= 0.6 is 15.9 Å². The Morgan fingerprint density at radius 2 is 1.96 bits per heavy atom. The molecule has 1 N–H and O–H groups in total. The minimum Gasteiger partial charge on any atom is -0.351 e. The van der Waals surface area contributed by atoms with Gasteiger partial charge in [-0.2, -0.15) is 4.31 Å². The molecule has 0 aliphatic rings. The number of halogens is 1. The number of nitrogens with one attached hydrogen (secondary N) is 1. The monoisotopic (exact) mass is 411 g/mol. The third kappa shape index (κ3) is 4.86. The molecule has 0 saturated heterocycles. The summed E-state index contributed by atoms with van der Waals surface area (Å²) < 4.78 is 27.1. The van der Waals surface area contributed by atoms with Crippen molar-refractivity contribution in [1.29, 1.82) is 0 Å². The van der Waals surface area contributed by atoms with Crippen molar-refractivity contribution >= 4 is 31.9 Å². The summed E-state index contributed by atoms with van der Waals surface area (Å²) >= 11 is 3.27. The number of amides is 1. The van der Waals surface area contributed by atoms with Gasteiger partial charge in [0.05, 0.1) is 11.4 Å². The van der Waals surface area contributed by atoms with E-state index in [4.69, 9.17) is 0 Å². The van der Waals surface area contributed by atoms with Crippen LogP contribution in [0.3, 0.4) is 0 Å². The summed E-state index contributed by atoms with van der Waals surface area (Å²) in [6, 6.07) is 9.94. The molecule has 0 atom stereocenters. The summed E-state index contributed by atoms with van der Waals surface area (Å²) in [5, 5.41) is 2.70. The van der Waals surface area contributed by atoms with Crippen LogP contribution in [0.4, 0.5) is 0 Å². The Hall–Kier alpha value is -1.77. The number of hydrogen-bond acceptors (Lipinski definition) is 4. The fraction of sp³-hybridized carbons (Fsp3) is 0.250. The fourth-order valence-electron chi connectivity index (χ4n) is 2.04. The van der Waals surface area contributed by atoms with E-state index in [1.165, 1.54) is 12.1 Å². The maximum Gasteiger partial charge on any atom is 0.243 e. The molecule has 6 nitrogen and oxygen atoms in total. The number of pyridine rings is 1. The van der Waals surface area contributed by atoms with Gasteiger partial charge in [-0.15, -0.1) is 0 Å². The highest BCUT2D eigenvalue weighted by Crippen LogP contribution is 2.18. The first-order valence-electron chi connectivity index (χ1n) is 7.35. The van der Waals surface area contributed by atoms with Crippen LogP contribution in [0.5, 0.6) is 0 Å². The summed E-state index contributed by atoms with van der Waals surface area (Å²) in [5.74, 6) is -0.360. The molecule has 0 aliphatic heterocycles. The molecule has 0 bridgehead atoms. The molecule has 1 amide bonds. The zero-order chi connectivity index (χ0) is 17.6. The molecule has 0 fully saturated rings. The van der Waals surface area contributed by atoms with Gasteiger partial charge in [-0.1, -0.05) is 28.9 Å². The number of hydrogen-bond donors (Lipinski definition) is 1. The number of carbonyl (C=O) groups excluding carboxylic acids is 1. The summed E-state index contributed by atoms with van der Waals surface area (Å²) in [6.07, 6.45) is 3.30. The van der Waals surface area contributed by atoms with Crippen LogP contribution in [0.2, 0.25) is 0 Å². The quantitative estimate of drug-likeness (QED) is 0.756. The predicted molar refractivity (Wildman–Crippen MR) is 94.7 cm³/mol. The van der Waals surface area contributed by atoms with Crippen LogP contribution in [0.15, 0.2) is 58.2 Å². The first-order chi connectivity index (χ1) is 11.4. The van der Waals surface area contributed by atoms with Crippen molar-refractivity contribution in [3.05, 3.63) is 58.8 Å². The lowest BCUT2D eigenvalue weighted by Gasteiger charge is -2.20. The van der Waals surface area contributed by atoms with Crippen molar-refractivity contribution in [3.63, 3.8) is 0 Å². The lowest BCUT2D eigenvalue weighted by Crippen LogP contribution is -2.40. The molecule has 0 radical (unpaired) electrons. The first kappa shape index (κ1) is 18.6. The summed E-state index contributed by atoms with van der Waals surface area (Å²) in [7, 11) is -3.71. The predicted octanol–water partition coefficient (Wildman–Crippen LogP) is 2.17. The van der Waals surface area contributed by atoms with Gasteiger partial charge < -0.3 is 5.32 Å². The largest absolute Gasteiger partial charge is 0.351 e. The van der Waals surface area contributed by atoms with E-state index in [-0.39, 0.29) is 23.9 Å². The molecule has 24 heavy (non-hydrogen) atoms. The van der Waals surface area contributed by atoms with Crippen molar-refractivity contribution < 1.29 is 13.2 Å². The second-order valence-electron chi connectivity index (χ2n) is 5.02. The van der Waals surface area contributed by atoms with Crippen molar-refractivity contribution in [1.82, 2.24) is 14.6 Å². The minimum atomic E-state index is -3.71. The number of nitrogens with zero attached hydrogens (tertiary/aromatic N) is 2. The number of benzene rings is 1. The van der Waals surface area contributed by atoms with Crippen LogP contribution in [0.25, 0.3) is 0 Å². The van der Waals surface area contributed by atoms with Gasteiger partial charge >= 0.3 is 0 Å².